The first kappa shape index (κ1) is 25.3. The Bertz CT molecular complexity index is 1280. The molecule has 0 saturated carbocycles. The SMILES string of the molecule is CN(C)c1ccc(O)c2c1C[C@@]1(CN3CCCCC3)C[C@H]3CC(O)=C(C(N)=O)C(=O)[C@@]3(O)C(O)=C1C2=O. The molecule has 0 spiro atoms. The van der Waals surface area contributed by atoms with E-state index in [1.165, 1.54) is 6.07 Å². The lowest BCUT2D eigenvalue weighted by Crippen LogP contribution is -2.61. The van der Waals surface area contributed by atoms with Crippen molar-refractivity contribution in [3.05, 3.63) is 45.9 Å². The molecule has 0 unspecified atom stereocenters. The standard InChI is InChI=1S/C27H33N3O7/c1-29(2)16-6-7-17(31)19-15(16)12-26(13-30-8-4-3-5-9-30)11-14-10-18(32)20(25(28)36)23(34)27(14,37)24(35)21(26)22(19)33/h6-7,14,31-32,35,37H,3-5,8-13H2,1-2H3,(H2,28,36)/t14-,26-,27-/m1/s1. The normalized spacial score (nSPS) is 30.1. The van der Waals surface area contributed by atoms with Gasteiger partial charge < -0.3 is 36.0 Å². The number of amides is 1. The van der Waals surface area contributed by atoms with Crippen LogP contribution in [0.5, 0.6) is 5.75 Å². The highest BCUT2D eigenvalue weighted by Gasteiger charge is 2.64. The van der Waals surface area contributed by atoms with Gasteiger partial charge in [-0.1, -0.05) is 6.42 Å². The maximum Gasteiger partial charge on any atom is 0.255 e. The number of primary amides is 1. The fourth-order valence-electron chi connectivity index (χ4n) is 6.97. The molecule has 3 aliphatic carbocycles. The third-order valence-corrected chi connectivity index (χ3v) is 8.60. The van der Waals surface area contributed by atoms with Crippen LogP contribution in [0.4, 0.5) is 5.69 Å². The van der Waals surface area contributed by atoms with E-state index >= 15 is 0 Å². The summed E-state index contributed by atoms with van der Waals surface area (Å²) in [6.07, 6.45) is 3.22. The molecule has 0 aromatic heterocycles. The van der Waals surface area contributed by atoms with E-state index in [1.807, 2.05) is 19.0 Å². The zero-order valence-electron chi connectivity index (χ0n) is 21.1. The Balaban J connectivity index is 1.76. The first-order valence-corrected chi connectivity index (χ1v) is 12.6. The Morgan fingerprint density at radius 3 is 2.43 bits per heavy atom. The molecule has 6 N–H and O–H groups in total. The molecular formula is C27H33N3O7. The topological polar surface area (TPSA) is 165 Å². The highest BCUT2D eigenvalue weighted by atomic mass is 16.3. The van der Waals surface area contributed by atoms with Gasteiger partial charge in [-0.2, -0.15) is 0 Å². The summed E-state index contributed by atoms with van der Waals surface area (Å²) in [4.78, 5) is 43.5. The van der Waals surface area contributed by atoms with Gasteiger partial charge in [0.15, 0.2) is 11.4 Å². The quantitative estimate of drug-likeness (QED) is 0.377. The van der Waals surface area contributed by atoms with Crippen molar-refractivity contribution in [3.8, 4) is 5.75 Å². The molecule has 1 saturated heterocycles. The number of nitrogens with zero attached hydrogens (tertiary/aromatic N) is 2. The molecule has 4 aliphatic rings. The fourth-order valence-corrected chi connectivity index (χ4v) is 6.97. The van der Waals surface area contributed by atoms with Crippen molar-refractivity contribution >= 4 is 23.2 Å². The Morgan fingerprint density at radius 2 is 1.81 bits per heavy atom. The number of phenolic OH excluding ortho intramolecular Hbond substituents is 1. The monoisotopic (exact) mass is 511 g/mol. The number of likely N-dealkylation sites (tertiary alicyclic amines) is 1. The van der Waals surface area contributed by atoms with Gasteiger partial charge in [-0.25, -0.2) is 0 Å². The zero-order valence-corrected chi connectivity index (χ0v) is 21.1. The molecule has 1 amide bonds. The van der Waals surface area contributed by atoms with Crippen LogP contribution in [-0.4, -0.2) is 82.1 Å². The lowest BCUT2D eigenvalue weighted by atomic mass is 9.53. The summed E-state index contributed by atoms with van der Waals surface area (Å²) in [6, 6.07) is 3.15. The Hall–Kier alpha value is -3.37. The molecule has 37 heavy (non-hydrogen) atoms. The van der Waals surface area contributed by atoms with Crippen molar-refractivity contribution in [3.63, 3.8) is 0 Å². The molecule has 1 aromatic rings. The molecular weight excluding hydrogens is 478 g/mol. The lowest BCUT2D eigenvalue weighted by molar-refractivity contribution is -0.146. The molecule has 1 aromatic carbocycles. The molecule has 1 aliphatic heterocycles. The fraction of sp³-hybridized carbons (Fsp3) is 0.519. The van der Waals surface area contributed by atoms with Gasteiger partial charge in [-0.3, -0.25) is 14.4 Å². The average Bonchev–Trinajstić information content (AvgIpc) is 2.81. The van der Waals surface area contributed by atoms with E-state index in [4.69, 9.17) is 5.73 Å². The third kappa shape index (κ3) is 3.57. The molecule has 5 rings (SSSR count). The van der Waals surface area contributed by atoms with Crippen molar-refractivity contribution in [2.24, 2.45) is 17.1 Å². The third-order valence-electron chi connectivity index (χ3n) is 8.60. The Morgan fingerprint density at radius 1 is 1.14 bits per heavy atom. The summed E-state index contributed by atoms with van der Waals surface area (Å²) in [5, 5.41) is 44.5. The van der Waals surface area contributed by atoms with E-state index in [9.17, 15) is 34.8 Å². The van der Waals surface area contributed by atoms with Crippen molar-refractivity contribution in [2.45, 2.75) is 44.1 Å². The number of ketones is 2. The predicted octanol–water partition coefficient (Wildman–Crippen LogP) is 1.50. The molecule has 3 atom stereocenters. The Kier molecular flexibility index (Phi) is 5.87. The molecule has 1 heterocycles. The van der Waals surface area contributed by atoms with Gasteiger partial charge in [0.1, 0.15) is 22.8 Å². The minimum absolute atomic E-state index is 0.0286. The van der Waals surface area contributed by atoms with E-state index in [1.54, 1.807) is 6.07 Å². The molecule has 198 valence electrons. The van der Waals surface area contributed by atoms with Gasteiger partial charge >= 0.3 is 0 Å². The van der Waals surface area contributed by atoms with Crippen LogP contribution in [0.25, 0.3) is 0 Å². The number of Topliss-reactive ketones (excluding diaryl/α,β-unsaturated/α-hetero) is 2. The van der Waals surface area contributed by atoms with E-state index in [2.05, 4.69) is 4.90 Å². The van der Waals surface area contributed by atoms with Crippen LogP contribution in [0.3, 0.4) is 0 Å². The second kappa shape index (κ2) is 8.59. The number of allylic oxidation sites excluding steroid dienone is 1. The van der Waals surface area contributed by atoms with Gasteiger partial charge in [0.2, 0.25) is 5.78 Å². The van der Waals surface area contributed by atoms with Gasteiger partial charge in [-0.15, -0.1) is 0 Å². The van der Waals surface area contributed by atoms with Crippen LogP contribution in [0.2, 0.25) is 0 Å². The number of rotatable bonds is 4. The second-order valence-corrected chi connectivity index (χ2v) is 11.1. The Labute approximate surface area is 214 Å². The van der Waals surface area contributed by atoms with E-state index in [0.29, 0.717) is 12.1 Å². The first-order chi connectivity index (χ1) is 17.4. The summed E-state index contributed by atoms with van der Waals surface area (Å²) in [7, 11) is 3.68. The van der Waals surface area contributed by atoms with Crippen LogP contribution in [0, 0.1) is 11.3 Å². The van der Waals surface area contributed by atoms with Crippen LogP contribution >= 0.6 is 0 Å². The first-order valence-electron chi connectivity index (χ1n) is 12.6. The number of anilines is 1. The van der Waals surface area contributed by atoms with Crippen molar-refractivity contribution < 1.29 is 34.8 Å². The van der Waals surface area contributed by atoms with Crippen LogP contribution in [0.15, 0.2) is 34.8 Å². The second-order valence-electron chi connectivity index (χ2n) is 11.1. The number of hydrogen-bond donors (Lipinski definition) is 5. The van der Waals surface area contributed by atoms with Crippen LogP contribution in [0.1, 0.15) is 48.0 Å². The van der Waals surface area contributed by atoms with E-state index in [-0.39, 0.29) is 36.1 Å². The number of carbonyl (C=O) groups excluding carboxylic acids is 3. The van der Waals surface area contributed by atoms with Crippen molar-refractivity contribution in [1.29, 1.82) is 0 Å². The number of benzene rings is 1. The maximum atomic E-state index is 14.1. The highest BCUT2D eigenvalue weighted by molar-refractivity contribution is 6.24. The number of aliphatic hydroxyl groups excluding tert-OH is 2. The zero-order chi connectivity index (χ0) is 26.9. The predicted molar refractivity (Wildman–Crippen MR) is 134 cm³/mol. The smallest absolute Gasteiger partial charge is 0.255 e. The summed E-state index contributed by atoms with van der Waals surface area (Å²) < 4.78 is 0. The van der Waals surface area contributed by atoms with E-state index in [0.717, 1.165) is 38.0 Å². The molecule has 10 nitrogen and oxygen atoms in total. The maximum absolute atomic E-state index is 14.1. The number of nitrogens with two attached hydrogens (primary N) is 1. The van der Waals surface area contributed by atoms with Crippen molar-refractivity contribution in [2.75, 3.05) is 38.6 Å². The number of piperidine rings is 1. The minimum atomic E-state index is -2.58. The number of aromatic hydroxyl groups is 1. The molecule has 0 bridgehead atoms. The van der Waals surface area contributed by atoms with Gasteiger partial charge in [-0.05, 0) is 56.5 Å². The van der Waals surface area contributed by atoms with Gasteiger partial charge in [0.25, 0.3) is 5.91 Å². The summed E-state index contributed by atoms with van der Waals surface area (Å²) in [6.45, 7) is 2.01. The number of carbonyl (C=O) groups is 3. The molecule has 10 heteroatoms. The van der Waals surface area contributed by atoms with Crippen LogP contribution in [-0.2, 0) is 16.0 Å². The largest absolute Gasteiger partial charge is 0.511 e. The lowest BCUT2D eigenvalue weighted by Gasteiger charge is -2.53. The van der Waals surface area contributed by atoms with Crippen LogP contribution < -0.4 is 10.6 Å². The van der Waals surface area contributed by atoms with Gasteiger partial charge in [0, 0.05) is 49.7 Å². The van der Waals surface area contributed by atoms with E-state index < -0.39 is 51.5 Å². The summed E-state index contributed by atoms with van der Waals surface area (Å²) in [5.41, 5.74) is 2.26. The van der Waals surface area contributed by atoms with Gasteiger partial charge in [0.05, 0.1) is 5.56 Å². The van der Waals surface area contributed by atoms with Crippen molar-refractivity contribution in [1.82, 2.24) is 4.90 Å². The number of phenols is 1. The summed E-state index contributed by atoms with van der Waals surface area (Å²) >= 11 is 0. The average molecular weight is 512 g/mol. The summed E-state index contributed by atoms with van der Waals surface area (Å²) in [5.74, 6) is -5.66. The number of aliphatic hydroxyl groups is 3. The minimum Gasteiger partial charge on any atom is -0.511 e. The molecule has 0 radical (unpaired) electrons. The molecule has 1 fully saturated rings. The number of hydrogen-bond acceptors (Lipinski definition) is 9. The highest BCUT2D eigenvalue weighted by Crippen LogP contribution is 2.58. The number of fused-ring (bicyclic) bond motifs is 3.